The number of fused-ring (bicyclic) bond motifs is 3. The number of anilines is 1. The first-order valence-electron chi connectivity index (χ1n) is 11.6. The van der Waals surface area contributed by atoms with Crippen LogP contribution in [-0.4, -0.2) is 56.3 Å². The van der Waals surface area contributed by atoms with Crippen molar-refractivity contribution in [2.45, 2.75) is 22.7 Å². The SMILES string of the molecule is CN1C(=O)[C@@]2(c3cc(F)ccc31)N(C)C[C@H](c1ccncc1)[C@@]21SC(=S)N(Cc2ccccc2)C1=O. The molecule has 0 radical (unpaired) electrons. The molecule has 3 aliphatic rings. The monoisotopic (exact) mass is 518 g/mol. The van der Waals surface area contributed by atoms with Crippen LogP contribution >= 0.6 is 24.0 Å². The van der Waals surface area contributed by atoms with E-state index in [1.54, 1.807) is 35.3 Å². The second-order valence-corrected chi connectivity index (χ2v) is 11.3. The van der Waals surface area contributed by atoms with Crippen LogP contribution in [0.2, 0.25) is 0 Å². The van der Waals surface area contributed by atoms with Gasteiger partial charge in [-0.2, -0.15) is 0 Å². The molecule has 0 aliphatic carbocycles. The molecule has 0 bridgehead atoms. The zero-order valence-corrected chi connectivity index (χ0v) is 21.4. The number of thiocarbonyl (C=S) groups is 1. The summed E-state index contributed by atoms with van der Waals surface area (Å²) in [4.78, 5) is 38.2. The van der Waals surface area contributed by atoms with Crippen LogP contribution in [-0.2, 0) is 21.7 Å². The van der Waals surface area contributed by atoms with E-state index in [0.717, 1.165) is 11.1 Å². The molecule has 182 valence electrons. The maximum atomic E-state index is 14.7. The van der Waals surface area contributed by atoms with Gasteiger partial charge < -0.3 is 4.90 Å². The number of rotatable bonds is 3. The average Bonchev–Trinajstić information content (AvgIpc) is 3.38. The Morgan fingerprint density at radius 1 is 1.06 bits per heavy atom. The molecule has 36 heavy (non-hydrogen) atoms. The molecule has 4 heterocycles. The highest BCUT2D eigenvalue weighted by Gasteiger charge is 2.78. The third kappa shape index (κ3) is 2.87. The first kappa shape index (κ1) is 23.3. The molecule has 3 aromatic rings. The summed E-state index contributed by atoms with van der Waals surface area (Å²) < 4.78 is 13.8. The number of carbonyl (C=O) groups is 2. The van der Waals surface area contributed by atoms with Crippen LogP contribution in [0.4, 0.5) is 10.1 Å². The number of nitrogens with zero attached hydrogens (tertiary/aromatic N) is 4. The molecule has 2 amide bonds. The second-order valence-electron chi connectivity index (χ2n) is 9.43. The lowest BCUT2D eigenvalue weighted by molar-refractivity contribution is -0.139. The highest BCUT2D eigenvalue weighted by Crippen LogP contribution is 2.66. The minimum Gasteiger partial charge on any atom is -0.313 e. The van der Waals surface area contributed by atoms with E-state index >= 15 is 0 Å². The number of hydrogen-bond acceptors (Lipinski definition) is 6. The van der Waals surface area contributed by atoms with Gasteiger partial charge in [0, 0.05) is 43.2 Å². The third-order valence-corrected chi connectivity index (χ3v) is 9.65. The summed E-state index contributed by atoms with van der Waals surface area (Å²) in [6, 6.07) is 17.8. The van der Waals surface area contributed by atoms with Crippen molar-refractivity contribution in [1.82, 2.24) is 14.8 Å². The number of likely N-dealkylation sites (N-methyl/N-ethyl adjacent to an activating group) is 2. The Balaban J connectivity index is 1.60. The molecule has 6 rings (SSSR count). The minimum absolute atomic E-state index is 0.230. The van der Waals surface area contributed by atoms with Crippen LogP contribution in [0.3, 0.4) is 0 Å². The molecule has 6 nitrogen and oxygen atoms in total. The number of thioether (sulfide) groups is 1. The third-order valence-electron chi connectivity index (χ3n) is 7.70. The molecule has 0 saturated carbocycles. The zero-order valence-electron chi connectivity index (χ0n) is 19.7. The van der Waals surface area contributed by atoms with Gasteiger partial charge in [0.25, 0.3) is 5.91 Å². The lowest BCUT2D eigenvalue weighted by atomic mass is 9.72. The van der Waals surface area contributed by atoms with E-state index in [1.807, 2.05) is 54.4 Å². The summed E-state index contributed by atoms with van der Waals surface area (Å²) in [6.45, 7) is 0.718. The summed E-state index contributed by atoms with van der Waals surface area (Å²) in [5, 5.41) is 0. The zero-order chi connectivity index (χ0) is 25.2. The first-order chi connectivity index (χ1) is 17.3. The number of halogens is 1. The van der Waals surface area contributed by atoms with Crippen molar-refractivity contribution in [1.29, 1.82) is 0 Å². The molecular formula is C27H23FN4O2S2. The molecule has 1 aromatic heterocycles. The van der Waals surface area contributed by atoms with Crippen molar-refractivity contribution >= 4 is 45.8 Å². The van der Waals surface area contributed by atoms with Crippen LogP contribution in [0.25, 0.3) is 0 Å². The summed E-state index contributed by atoms with van der Waals surface area (Å²) in [5.41, 5.74) is 1.50. The first-order valence-corrected chi connectivity index (χ1v) is 12.8. The van der Waals surface area contributed by atoms with Crippen molar-refractivity contribution in [3.05, 3.63) is 95.6 Å². The molecule has 9 heteroatoms. The maximum Gasteiger partial charge on any atom is 0.254 e. The summed E-state index contributed by atoms with van der Waals surface area (Å²) in [5.74, 6) is -1.32. The van der Waals surface area contributed by atoms with Crippen molar-refractivity contribution in [3.8, 4) is 0 Å². The molecule has 0 unspecified atom stereocenters. The Kier molecular flexibility index (Phi) is 5.30. The highest BCUT2D eigenvalue weighted by molar-refractivity contribution is 8.25. The Morgan fingerprint density at radius 3 is 2.50 bits per heavy atom. The normalized spacial score (nSPS) is 27.6. The molecular weight excluding hydrogens is 495 g/mol. The fourth-order valence-corrected chi connectivity index (χ4v) is 8.29. The predicted octanol–water partition coefficient (Wildman–Crippen LogP) is 3.92. The fraction of sp³-hybridized carbons (Fsp3) is 0.259. The molecule has 2 aromatic carbocycles. The second kappa shape index (κ2) is 8.19. The van der Waals surface area contributed by atoms with E-state index in [2.05, 4.69) is 4.98 Å². The van der Waals surface area contributed by atoms with E-state index in [0.29, 0.717) is 28.7 Å². The van der Waals surface area contributed by atoms with Crippen LogP contribution in [0.15, 0.2) is 73.1 Å². The average molecular weight is 519 g/mol. The van der Waals surface area contributed by atoms with E-state index < -0.39 is 16.1 Å². The van der Waals surface area contributed by atoms with Gasteiger partial charge in [-0.15, -0.1) is 0 Å². The van der Waals surface area contributed by atoms with Crippen molar-refractivity contribution in [2.24, 2.45) is 0 Å². The largest absolute Gasteiger partial charge is 0.313 e. The van der Waals surface area contributed by atoms with Crippen molar-refractivity contribution in [3.63, 3.8) is 0 Å². The van der Waals surface area contributed by atoms with E-state index in [1.165, 1.54) is 23.9 Å². The van der Waals surface area contributed by atoms with Gasteiger partial charge >= 0.3 is 0 Å². The Morgan fingerprint density at radius 2 is 1.78 bits per heavy atom. The number of pyridine rings is 1. The van der Waals surface area contributed by atoms with Gasteiger partial charge in [0.05, 0.1) is 6.54 Å². The number of aromatic nitrogens is 1. The Hall–Kier alpha value is -3.14. The van der Waals surface area contributed by atoms with Crippen molar-refractivity contribution < 1.29 is 14.0 Å². The topological polar surface area (TPSA) is 56.8 Å². The smallest absolute Gasteiger partial charge is 0.254 e. The van der Waals surface area contributed by atoms with Crippen LogP contribution in [0, 0.1) is 5.82 Å². The van der Waals surface area contributed by atoms with Gasteiger partial charge in [-0.1, -0.05) is 54.3 Å². The summed E-state index contributed by atoms with van der Waals surface area (Å²) >= 11 is 7.08. The maximum absolute atomic E-state index is 14.7. The van der Waals surface area contributed by atoms with E-state index in [-0.39, 0.29) is 17.7 Å². The van der Waals surface area contributed by atoms with Gasteiger partial charge in [-0.3, -0.25) is 24.4 Å². The van der Waals surface area contributed by atoms with Crippen molar-refractivity contribution in [2.75, 3.05) is 25.5 Å². The van der Waals surface area contributed by atoms with Crippen LogP contribution in [0.1, 0.15) is 22.6 Å². The molecule has 3 atom stereocenters. The minimum atomic E-state index is -1.43. The summed E-state index contributed by atoms with van der Waals surface area (Å²) in [7, 11) is 3.52. The van der Waals surface area contributed by atoms with Crippen LogP contribution < -0.4 is 4.90 Å². The number of benzene rings is 2. The standard InChI is InChI=1S/C27H23FN4O2S2/c1-30-16-21(18-10-12-29-13-11-18)27(24(34)32(25(35)36-27)15-17-6-4-3-5-7-17)26(30)20-14-19(28)8-9-22(20)31(2)23(26)33/h3-14,21H,15-16H2,1-2H3/t21-,26-,27+/m1/s1. The van der Waals surface area contributed by atoms with Crippen LogP contribution in [0.5, 0.6) is 0 Å². The Bertz CT molecular complexity index is 1410. The fourth-order valence-electron chi connectivity index (χ4n) is 6.17. The molecule has 0 N–H and O–H groups in total. The lowest BCUT2D eigenvalue weighted by Crippen LogP contribution is -2.62. The molecule has 2 spiro atoms. The number of amides is 2. The number of carbonyl (C=O) groups excluding carboxylic acids is 2. The summed E-state index contributed by atoms with van der Waals surface area (Å²) in [6.07, 6.45) is 3.38. The quantitative estimate of drug-likeness (QED) is 0.490. The molecule has 3 aliphatic heterocycles. The molecule has 2 fully saturated rings. The van der Waals surface area contributed by atoms with Gasteiger partial charge in [0.1, 0.15) is 14.9 Å². The van der Waals surface area contributed by atoms with Gasteiger partial charge in [-0.25, -0.2) is 4.39 Å². The van der Waals surface area contributed by atoms with E-state index in [9.17, 15) is 14.0 Å². The lowest BCUT2D eigenvalue weighted by Gasteiger charge is -2.42. The van der Waals surface area contributed by atoms with Gasteiger partial charge in [0.2, 0.25) is 5.91 Å². The van der Waals surface area contributed by atoms with Gasteiger partial charge in [-0.05, 0) is 48.5 Å². The van der Waals surface area contributed by atoms with Gasteiger partial charge in [0.15, 0.2) is 5.54 Å². The van der Waals surface area contributed by atoms with E-state index in [4.69, 9.17) is 12.2 Å². The molecule has 2 saturated heterocycles. The Labute approximate surface area is 218 Å². The number of likely N-dealkylation sites (tertiary alicyclic amines) is 1. The predicted molar refractivity (Wildman–Crippen MR) is 141 cm³/mol. The highest BCUT2D eigenvalue weighted by atomic mass is 32.2. The number of hydrogen-bond donors (Lipinski definition) is 0.